The molecule has 0 saturated heterocycles. The van der Waals surface area contributed by atoms with Gasteiger partial charge in [0.15, 0.2) is 11.5 Å². The van der Waals surface area contributed by atoms with Crippen molar-refractivity contribution in [3.63, 3.8) is 0 Å². The third-order valence-corrected chi connectivity index (χ3v) is 4.26. The molecular formula is C21H21N3O5. The summed E-state index contributed by atoms with van der Waals surface area (Å²) in [5.74, 6) is 0.0967. The van der Waals surface area contributed by atoms with Crippen molar-refractivity contribution in [1.29, 1.82) is 0 Å². The fraction of sp³-hybridized carbons (Fsp3) is 0.190. The lowest BCUT2D eigenvalue weighted by molar-refractivity contribution is -0.139. The number of nitrogens with one attached hydrogen (secondary N) is 1. The van der Waals surface area contributed by atoms with Crippen LogP contribution in [0.4, 0.5) is 0 Å². The molecule has 8 heteroatoms. The van der Waals surface area contributed by atoms with Crippen molar-refractivity contribution in [3.8, 4) is 28.4 Å². The zero-order valence-electron chi connectivity index (χ0n) is 16.3. The lowest BCUT2D eigenvalue weighted by atomic mass is 10.1. The van der Waals surface area contributed by atoms with E-state index in [1.54, 1.807) is 36.2 Å². The summed E-state index contributed by atoms with van der Waals surface area (Å²) in [4.78, 5) is 24.1. The highest BCUT2D eigenvalue weighted by molar-refractivity contribution is 6.01. The quantitative estimate of drug-likeness (QED) is 0.618. The molecular weight excluding hydrogens is 374 g/mol. The number of benzene rings is 2. The molecule has 0 fully saturated rings. The molecule has 2 aromatic carbocycles. The van der Waals surface area contributed by atoms with Crippen molar-refractivity contribution < 1.29 is 23.8 Å². The molecule has 8 nitrogen and oxygen atoms in total. The van der Waals surface area contributed by atoms with Gasteiger partial charge in [0, 0.05) is 11.8 Å². The Hall–Kier alpha value is -3.81. The average molecular weight is 395 g/mol. The first-order chi connectivity index (χ1) is 14.1. The number of methoxy groups -OCH3 is 3. The van der Waals surface area contributed by atoms with Crippen LogP contribution in [0, 0.1) is 0 Å². The van der Waals surface area contributed by atoms with Gasteiger partial charge in [-0.25, -0.2) is 4.68 Å². The number of para-hydroxylation sites is 1. The summed E-state index contributed by atoms with van der Waals surface area (Å²) in [6, 6.07) is 14.7. The predicted octanol–water partition coefficient (Wildman–Crippen LogP) is 2.46. The van der Waals surface area contributed by atoms with Crippen LogP contribution >= 0.6 is 0 Å². The largest absolute Gasteiger partial charge is 0.493 e. The minimum atomic E-state index is -0.540. The van der Waals surface area contributed by atoms with E-state index in [9.17, 15) is 9.59 Å². The summed E-state index contributed by atoms with van der Waals surface area (Å²) in [5.41, 5.74) is 2.21. The maximum Gasteiger partial charge on any atom is 0.325 e. The third-order valence-electron chi connectivity index (χ3n) is 4.26. The van der Waals surface area contributed by atoms with E-state index in [1.807, 2.05) is 30.3 Å². The van der Waals surface area contributed by atoms with E-state index in [-0.39, 0.29) is 6.54 Å². The monoisotopic (exact) mass is 395 g/mol. The van der Waals surface area contributed by atoms with Gasteiger partial charge in [0.25, 0.3) is 5.91 Å². The molecule has 0 atom stereocenters. The van der Waals surface area contributed by atoms with Crippen molar-refractivity contribution >= 4 is 11.9 Å². The molecule has 0 aliphatic heterocycles. The van der Waals surface area contributed by atoms with Gasteiger partial charge < -0.3 is 19.5 Å². The number of rotatable bonds is 7. The first-order valence-electron chi connectivity index (χ1n) is 8.80. The second-order valence-electron chi connectivity index (χ2n) is 6.00. The lowest BCUT2D eigenvalue weighted by Gasteiger charge is -2.09. The molecule has 1 heterocycles. The molecule has 0 spiro atoms. The summed E-state index contributed by atoms with van der Waals surface area (Å²) in [6.45, 7) is -0.239. The Kier molecular flexibility index (Phi) is 6.13. The molecule has 0 radical (unpaired) electrons. The second kappa shape index (κ2) is 8.92. The van der Waals surface area contributed by atoms with Gasteiger partial charge in [0.1, 0.15) is 12.2 Å². The molecule has 0 bridgehead atoms. The van der Waals surface area contributed by atoms with Crippen molar-refractivity contribution in [3.05, 3.63) is 60.3 Å². The van der Waals surface area contributed by atoms with Gasteiger partial charge in [0.2, 0.25) is 0 Å². The number of esters is 1. The third kappa shape index (κ3) is 4.37. The molecule has 0 aliphatic carbocycles. The minimum absolute atomic E-state index is 0.239. The minimum Gasteiger partial charge on any atom is -0.493 e. The van der Waals surface area contributed by atoms with Gasteiger partial charge >= 0.3 is 5.97 Å². The van der Waals surface area contributed by atoms with E-state index in [2.05, 4.69) is 15.2 Å². The zero-order chi connectivity index (χ0) is 20.8. The van der Waals surface area contributed by atoms with Crippen molar-refractivity contribution in [1.82, 2.24) is 15.1 Å². The summed E-state index contributed by atoms with van der Waals surface area (Å²) in [6.07, 6.45) is 1.62. The van der Waals surface area contributed by atoms with E-state index >= 15 is 0 Å². The first-order valence-corrected chi connectivity index (χ1v) is 8.80. The van der Waals surface area contributed by atoms with Crippen LogP contribution in [-0.2, 0) is 9.53 Å². The second-order valence-corrected chi connectivity index (χ2v) is 6.00. The average Bonchev–Trinajstić information content (AvgIpc) is 3.22. The fourth-order valence-electron chi connectivity index (χ4n) is 2.77. The number of amides is 1. The van der Waals surface area contributed by atoms with Crippen molar-refractivity contribution in [2.45, 2.75) is 0 Å². The lowest BCUT2D eigenvalue weighted by Crippen LogP contribution is -2.30. The van der Waals surface area contributed by atoms with Crippen LogP contribution in [0.5, 0.6) is 11.5 Å². The predicted molar refractivity (Wildman–Crippen MR) is 106 cm³/mol. The number of hydrogen-bond acceptors (Lipinski definition) is 6. The number of hydrogen-bond donors (Lipinski definition) is 1. The molecule has 150 valence electrons. The topological polar surface area (TPSA) is 91.7 Å². The normalized spacial score (nSPS) is 10.3. The van der Waals surface area contributed by atoms with Crippen LogP contribution in [0.15, 0.2) is 54.7 Å². The van der Waals surface area contributed by atoms with Gasteiger partial charge in [-0.2, -0.15) is 5.10 Å². The summed E-state index contributed by atoms with van der Waals surface area (Å²) in [5, 5.41) is 7.15. The number of carbonyl (C=O) groups excluding carboxylic acids is 2. The van der Waals surface area contributed by atoms with Gasteiger partial charge in [-0.05, 0) is 30.3 Å². The Balaban J connectivity index is 2.05. The molecule has 3 rings (SSSR count). The number of carbonyl (C=O) groups is 2. The molecule has 3 aromatic rings. The van der Waals surface area contributed by atoms with Gasteiger partial charge in [-0.3, -0.25) is 9.59 Å². The highest BCUT2D eigenvalue weighted by Gasteiger charge is 2.20. The van der Waals surface area contributed by atoms with Crippen LogP contribution in [0.25, 0.3) is 16.9 Å². The van der Waals surface area contributed by atoms with Gasteiger partial charge in [-0.15, -0.1) is 0 Å². The Morgan fingerprint density at radius 3 is 2.38 bits per heavy atom. The molecule has 1 N–H and O–H groups in total. The van der Waals surface area contributed by atoms with Crippen LogP contribution in [0.1, 0.15) is 10.4 Å². The molecule has 1 amide bonds. The molecule has 1 aromatic heterocycles. The van der Waals surface area contributed by atoms with Crippen LogP contribution in [-0.4, -0.2) is 49.5 Å². The van der Waals surface area contributed by atoms with Crippen LogP contribution in [0.3, 0.4) is 0 Å². The van der Waals surface area contributed by atoms with E-state index in [0.717, 1.165) is 5.69 Å². The van der Waals surface area contributed by atoms with Gasteiger partial charge in [-0.1, -0.05) is 18.2 Å². The molecule has 29 heavy (non-hydrogen) atoms. The summed E-state index contributed by atoms with van der Waals surface area (Å²) in [7, 11) is 4.35. The summed E-state index contributed by atoms with van der Waals surface area (Å²) < 4.78 is 16.8. The van der Waals surface area contributed by atoms with Crippen molar-refractivity contribution in [2.24, 2.45) is 0 Å². The van der Waals surface area contributed by atoms with E-state index in [1.165, 1.54) is 14.2 Å². The highest BCUT2D eigenvalue weighted by atomic mass is 16.5. The highest BCUT2D eigenvalue weighted by Crippen LogP contribution is 2.33. The van der Waals surface area contributed by atoms with E-state index < -0.39 is 11.9 Å². The van der Waals surface area contributed by atoms with E-state index in [0.29, 0.717) is 28.3 Å². The smallest absolute Gasteiger partial charge is 0.325 e. The molecule has 0 unspecified atom stereocenters. The number of aromatic nitrogens is 2. The Bertz CT molecular complexity index is 1010. The molecule has 0 aliphatic rings. The SMILES string of the molecule is COC(=O)CNC(=O)c1cn(-c2ccccc2)nc1-c1ccc(OC)c(OC)c1. The first kappa shape index (κ1) is 19.9. The van der Waals surface area contributed by atoms with Crippen LogP contribution < -0.4 is 14.8 Å². The number of ether oxygens (including phenoxy) is 3. The fourth-order valence-corrected chi connectivity index (χ4v) is 2.77. The van der Waals surface area contributed by atoms with Crippen molar-refractivity contribution in [2.75, 3.05) is 27.9 Å². The van der Waals surface area contributed by atoms with Gasteiger partial charge in [0.05, 0.1) is 32.6 Å². The summed E-state index contributed by atoms with van der Waals surface area (Å²) >= 11 is 0. The Morgan fingerprint density at radius 1 is 1.00 bits per heavy atom. The van der Waals surface area contributed by atoms with Crippen LogP contribution in [0.2, 0.25) is 0 Å². The maximum absolute atomic E-state index is 12.8. The Morgan fingerprint density at radius 2 is 1.72 bits per heavy atom. The molecule has 0 saturated carbocycles. The Labute approximate surface area is 168 Å². The zero-order valence-corrected chi connectivity index (χ0v) is 16.3. The maximum atomic E-state index is 12.8. The number of nitrogens with zero attached hydrogens (tertiary/aromatic N) is 2. The standard InChI is InChI=1S/C21H21N3O5/c1-27-17-10-9-14(11-18(17)28-2)20-16(21(26)22-12-19(25)29-3)13-24(23-20)15-7-5-4-6-8-15/h4-11,13H,12H2,1-3H3,(H,22,26). The van der Waals surface area contributed by atoms with E-state index in [4.69, 9.17) is 9.47 Å².